The molecule has 0 fully saturated rings. The van der Waals surface area contributed by atoms with Crippen LogP contribution < -0.4 is 5.32 Å². The maximum Gasteiger partial charge on any atom is 0.338 e. The Morgan fingerprint density at radius 3 is 2.88 bits per heavy atom. The summed E-state index contributed by atoms with van der Waals surface area (Å²) in [6, 6.07) is 5.28. The van der Waals surface area contributed by atoms with E-state index >= 15 is 0 Å². The van der Waals surface area contributed by atoms with Gasteiger partial charge in [0.15, 0.2) is 0 Å². The van der Waals surface area contributed by atoms with E-state index in [1.54, 1.807) is 6.26 Å². The normalized spacial score (nSPS) is 10.6. The molecule has 2 aromatic rings. The molecule has 0 atom stereocenters. The lowest BCUT2D eigenvalue weighted by Crippen LogP contribution is -2.16. The molecular weight excluding hydrogens is 222 g/mol. The van der Waals surface area contributed by atoms with Gasteiger partial charge in [-0.25, -0.2) is 4.79 Å². The second-order valence-electron chi connectivity index (χ2n) is 3.61. The maximum absolute atomic E-state index is 10.6. The summed E-state index contributed by atoms with van der Waals surface area (Å²) in [5.41, 5.74) is 0.174. The fourth-order valence-electron chi connectivity index (χ4n) is 1.46. The zero-order chi connectivity index (χ0) is 12.1. The predicted molar refractivity (Wildman–Crippen MR) is 59.8 cm³/mol. The molecule has 0 saturated carbocycles. The summed E-state index contributed by atoms with van der Waals surface area (Å²) in [5.74, 6) is 0.556. The highest BCUT2D eigenvalue weighted by Gasteiger charge is 2.07. The van der Waals surface area contributed by atoms with E-state index in [0.29, 0.717) is 12.3 Å². The molecule has 2 N–H and O–H groups in total. The minimum Gasteiger partial charge on any atom is -0.478 e. The van der Waals surface area contributed by atoms with Gasteiger partial charge in [-0.05, 0) is 18.2 Å². The van der Waals surface area contributed by atoms with Crippen LogP contribution in [0.4, 0.5) is 0 Å². The number of furan rings is 2. The Balaban J connectivity index is 1.72. The Labute approximate surface area is 98.0 Å². The lowest BCUT2D eigenvalue weighted by molar-refractivity contribution is 0.0696. The van der Waals surface area contributed by atoms with E-state index in [1.807, 2.05) is 12.1 Å². The zero-order valence-corrected chi connectivity index (χ0v) is 9.18. The van der Waals surface area contributed by atoms with E-state index in [2.05, 4.69) is 5.32 Å². The summed E-state index contributed by atoms with van der Waals surface area (Å²) in [5, 5.41) is 11.8. The fourth-order valence-corrected chi connectivity index (χ4v) is 1.46. The third-order valence-corrected chi connectivity index (χ3v) is 2.33. The molecule has 0 radical (unpaired) electrons. The van der Waals surface area contributed by atoms with Crippen LogP contribution in [0, 0.1) is 0 Å². The first-order valence-corrected chi connectivity index (χ1v) is 5.29. The topological polar surface area (TPSA) is 75.6 Å². The first-order chi connectivity index (χ1) is 8.25. The van der Waals surface area contributed by atoms with Crippen LogP contribution in [0.1, 0.15) is 21.9 Å². The Morgan fingerprint density at radius 1 is 1.35 bits per heavy atom. The van der Waals surface area contributed by atoms with Gasteiger partial charge in [0, 0.05) is 13.0 Å². The summed E-state index contributed by atoms with van der Waals surface area (Å²) < 4.78 is 10.3. The number of aromatic carboxylic acids is 1. The monoisotopic (exact) mass is 235 g/mol. The third-order valence-electron chi connectivity index (χ3n) is 2.33. The highest BCUT2D eigenvalue weighted by atomic mass is 16.4. The van der Waals surface area contributed by atoms with E-state index in [1.165, 1.54) is 12.3 Å². The van der Waals surface area contributed by atoms with Crippen LogP contribution in [-0.4, -0.2) is 17.6 Å². The van der Waals surface area contributed by atoms with Gasteiger partial charge in [0.2, 0.25) is 0 Å². The zero-order valence-electron chi connectivity index (χ0n) is 9.18. The van der Waals surface area contributed by atoms with Crippen molar-refractivity contribution in [3.63, 3.8) is 0 Å². The molecule has 0 unspecified atom stereocenters. The van der Waals surface area contributed by atoms with Crippen LogP contribution in [0.25, 0.3) is 0 Å². The lowest BCUT2D eigenvalue weighted by atomic mass is 10.3. The molecule has 2 aromatic heterocycles. The summed E-state index contributed by atoms with van der Waals surface area (Å²) >= 11 is 0. The van der Waals surface area contributed by atoms with Gasteiger partial charge < -0.3 is 19.3 Å². The van der Waals surface area contributed by atoms with Crippen molar-refractivity contribution in [1.29, 1.82) is 0 Å². The molecular formula is C12H13NO4. The van der Waals surface area contributed by atoms with Gasteiger partial charge in [-0.1, -0.05) is 0 Å². The van der Waals surface area contributed by atoms with Gasteiger partial charge in [-0.2, -0.15) is 0 Å². The van der Waals surface area contributed by atoms with Gasteiger partial charge in [0.05, 0.1) is 18.4 Å². The lowest BCUT2D eigenvalue weighted by Gasteiger charge is -2.00. The smallest absolute Gasteiger partial charge is 0.338 e. The van der Waals surface area contributed by atoms with Gasteiger partial charge in [-0.3, -0.25) is 0 Å². The Morgan fingerprint density at radius 2 is 2.24 bits per heavy atom. The van der Waals surface area contributed by atoms with Crippen LogP contribution in [0.5, 0.6) is 0 Å². The summed E-state index contributed by atoms with van der Waals surface area (Å²) in [4.78, 5) is 10.6. The second-order valence-corrected chi connectivity index (χ2v) is 3.61. The molecule has 5 nitrogen and oxygen atoms in total. The minimum atomic E-state index is -0.976. The predicted octanol–water partition coefficient (Wildman–Crippen LogP) is 1.90. The van der Waals surface area contributed by atoms with Crippen molar-refractivity contribution in [2.45, 2.75) is 13.0 Å². The third kappa shape index (κ3) is 3.22. The molecule has 0 amide bonds. The molecule has 0 aliphatic heterocycles. The summed E-state index contributed by atoms with van der Waals surface area (Å²) in [6.07, 6.45) is 3.67. The van der Waals surface area contributed by atoms with Crippen LogP contribution in [-0.2, 0) is 13.0 Å². The SMILES string of the molecule is O=C(O)c1coc(CNCCc2ccco2)c1. The average Bonchev–Trinajstić information content (AvgIpc) is 2.96. The number of hydrogen-bond donors (Lipinski definition) is 2. The van der Waals surface area contributed by atoms with Crippen molar-refractivity contribution in [3.8, 4) is 0 Å². The summed E-state index contributed by atoms with van der Waals surface area (Å²) in [6.45, 7) is 1.25. The Hall–Kier alpha value is -2.01. The minimum absolute atomic E-state index is 0.174. The number of carboxylic acids is 1. The highest BCUT2D eigenvalue weighted by Crippen LogP contribution is 2.07. The van der Waals surface area contributed by atoms with Crippen molar-refractivity contribution >= 4 is 5.97 Å². The van der Waals surface area contributed by atoms with Crippen molar-refractivity contribution in [3.05, 3.63) is 47.8 Å². The van der Waals surface area contributed by atoms with E-state index in [0.717, 1.165) is 18.7 Å². The summed E-state index contributed by atoms with van der Waals surface area (Å²) in [7, 11) is 0. The Kier molecular flexibility index (Phi) is 3.62. The van der Waals surface area contributed by atoms with Crippen LogP contribution >= 0.6 is 0 Å². The first-order valence-electron chi connectivity index (χ1n) is 5.29. The van der Waals surface area contributed by atoms with E-state index < -0.39 is 5.97 Å². The molecule has 2 rings (SSSR count). The number of nitrogens with one attached hydrogen (secondary N) is 1. The molecule has 0 aliphatic rings. The van der Waals surface area contributed by atoms with Gasteiger partial charge >= 0.3 is 5.97 Å². The average molecular weight is 235 g/mol. The van der Waals surface area contributed by atoms with Crippen molar-refractivity contribution in [2.75, 3.05) is 6.54 Å². The molecule has 0 spiro atoms. The molecule has 90 valence electrons. The molecule has 17 heavy (non-hydrogen) atoms. The molecule has 0 aliphatic carbocycles. The van der Waals surface area contributed by atoms with E-state index in [4.69, 9.17) is 13.9 Å². The number of hydrogen-bond acceptors (Lipinski definition) is 4. The number of carboxylic acid groups (broad SMARTS) is 1. The van der Waals surface area contributed by atoms with Gasteiger partial charge in [0.1, 0.15) is 17.8 Å². The Bertz CT molecular complexity index is 472. The number of rotatable bonds is 6. The van der Waals surface area contributed by atoms with Crippen molar-refractivity contribution in [2.24, 2.45) is 0 Å². The van der Waals surface area contributed by atoms with Crippen molar-refractivity contribution in [1.82, 2.24) is 5.32 Å². The molecule has 0 aromatic carbocycles. The maximum atomic E-state index is 10.6. The first kappa shape index (κ1) is 11.5. The highest BCUT2D eigenvalue weighted by molar-refractivity contribution is 5.87. The molecule has 0 bridgehead atoms. The quantitative estimate of drug-likeness (QED) is 0.748. The van der Waals surface area contributed by atoms with Gasteiger partial charge in [0.25, 0.3) is 0 Å². The number of carbonyl (C=O) groups is 1. The standard InChI is InChI=1S/C12H13NO4/c14-12(15)9-6-11(17-8-9)7-13-4-3-10-2-1-5-16-10/h1-2,5-6,8,13H,3-4,7H2,(H,14,15). The second kappa shape index (κ2) is 5.36. The molecule has 2 heterocycles. The fraction of sp³-hybridized carbons (Fsp3) is 0.250. The van der Waals surface area contributed by atoms with Crippen LogP contribution in [0.2, 0.25) is 0 Å². The van der Waals surface area contributed by atoms with E-state index in [-0.39, 0.29) is 5.56 Å². The molecule has 5 heteroatoms. The molecule has 0 saturated heterocycles. The van der Waals surface area contributed by atoms with Crippen LogP contribution in [0.15, 0.2) is 39.6 Å². The van der Waals surface area contributed by atoms with E-state index in [9.17, 15) is 4.79 Å². The van der Waals surface area contributed by atoms with Gasteiger partial charge in [-0.15, -0.1) is 0 Å². The largest absolute Gasteiger partial charge is 0.478 e. The van der Waals surface area contributed by atoms with Crippen molar-refractivity contribution < 1.29 is 18.7 Å². The van der Waals surface area contributed by atoms with Crippen LogP contribution in [0.3, 0.4) is 0 Å².